The molecule has 1 atom stereocenters. The van der Waals surface area contributed by atoms with Crippen molar-refractivity contribution in [3.8, 4) is 11.5 Å². The van der Waals surface area contributed by atoms with Gasteiger partial charge in [-0.2, -0.15) is 0 Å². The Morgan fingerprint density at radius 3 is 2.41 bits per heavy atom. The predicted molar refractivity (Wildman–Crippen MR) is 142 cm³/mol. The molecular weight excluding hydrogens is 472 g/mol. The van der Waals surface area contributed by atoms with Gasteiger partial charge < -0.3 is 20.5 Å². The number of carbonyl (C=O) groups excluding carboxylic acids is 2. The van der Waals surface area contributed by atoms with Crippen LogP contribution in [0.3, 0.4) is 0 Å². The highest BCUT2D eigenvalue weighted by molar-refractivity contribution is 5.97. The van der Waals surface area contributed by atoms with Gasteiger partial charge in [0.1, 0.15) is 11.9 Å². The molecule has 0 radical (unpaired) electrons. The van der Waals surface area contributed by atoms with Gasteiger partial charge in [0, 0.05) is 29.2 Å². The van der Waals surface area contributed by atoms with Crippen LogP contribution in [0.4, 0.5) is 5.69 Å². The standard InChI is InChI=1S/C27H32N6O4/c1-5-36-23-14-19(8-11-22(23)37-16(2)3)24(31-20-9-6-18(7-10-20)25(28)29)27(35)33-32-26(34)21-12-13-30-15-17(21)4/h6-16,24,31H,5H2,1-4H3,(H3,28,29)(H,32,34)(H,33,35). The number of hydrogen-bond donors (Lipinski definition) is 5. The molecular formula is C27H32N6O4. The Balaban J connectivity index is 1.89. The van der Waals surface area contributed by atoms with Crippen molar-refractivity contribution >= 4 is 23.3 Å². The van der Waals surface area contributed by atoms with Crippen molar-refractivity contribution in [3.63, 3.8) is 0 Å². The van der Waals surface area contributed by atoms with Crippen LogP contribution in [0.25, 0.3) is 0 Å². The van der Waals surface area contributed by atoms with Crippen molar-refractivity contribution in [2.45, 2.75) is 39.8 Å². The quantitative estimate of drug-likeness (QED) is 0.161. The van der Waals surface area contributed by atoms with E-state index in [0.29, 0.717) is 46.0 Å². The molecule has 0 fully saturated rings. The van der Waals surface area contributed by atoms with Gasteiger partial charge in [0.05, 0.1) is 12.7 Å². The fourth-order valence-electron chi connectivity index (χ4n) is 3.52. The van der Waals surface area contributed by atoms with E-state index < -0.39 is 17.9 Å². The van der Waals surface area contributed by atoms with E-state index in [0.717, 1.165) is 0 Å². The molecule has 2 amide bonds. The second kappa shape index (κ2) is 12.4. The number of rotatable bonds is 10. The average Bonchev–Trinajstić information content (AvgIpc) is 2.87. The predicted octanol–water partition coefficient (Wildman–Crippen LogP) is 3.47. The molecule has 194 valence electrons. The summed E-state index contributed by atoms with van der Waals surface area (Å²) in [6, 6.07) is 12.7. The van der Waals surface area contributed by atoms with Crippen molar-refractivity contribution < 1.29 is 19.1 Å². The number of nitrogen functional groups attached to an aromatic ring is 1. The number of anilines is 1. The van der Waals surface area contributed by atoms with Crippen molar-refractivity contribution in [3.05, 3.63) is 83.2 Å². The first kappa shape index (κ1) is 27.0. The van der Waals surface area contributed by atoms with Crippen molar-refractivity contribution in [1.29, 1.82) is 5.41 Å². The Kier molecular flexibility index (Phi) is 9.04. The number of benzene rings is 2. The van der Waals surface area contributed by atoms with E-state index in [1.54, 1.807) is 61.7 Å². The minimum atomic E-state index is -0.908. The van der Waals surface area contributed by atoms with Gasteiger partial charge in [-0.1, -0.05) is 6.07 Å². The molecule has 1 aromatic heterocycles. The Labute approximate surface area is 216 Å². The number of nitrogens with two attached hydrogens (primary N) is 1. The van der Waals surface area contributed by atoms with Crippen LogP contribution >= 0.6 is 0 Å². The SMILES string of the molecule is CCOc1cc(C(Nc2ccc(C(=N)N)cc2)C(=O)NNC(=O)c2ccncc2C)ccc1OC(C)C. The van der Waals surface area contributed by atoms with Gasteiger partial charge in [-0.3, -0.25) is 30.8 Å². The fraction of sp³-hybridized carbons (Fsp3) is 0.259. The minimum Gasteiger partial charge on any atom is -0.490 e. The lowest BCUT2D eigenvalue weighted by atomic mass is 10.0. The second-order valence-corrected chi connectivity index (χ2v) is 8.51. The van der Waals surface area contributed by atoms with E-state index in [9.17, 15) is 9.59 Å². The summed E-state index contributed by atoms with van der Waals surface area (Å²) < 4.78 is 11.6. The van der Waals surface area contributed by atoms with Gasteiger partial charge in [-0.25, -0.2) is 0 Å². The maximum atomic E-state index is 13.3. The lowest BCUT2D eigenvalue weighted by Crippen LogP contribution is -2.45. The number of hydrazine groups is 1. The summed E-state index contributed by atoms with van der Waals surface area (Å²) in [5.41, 5.74) is 13.4. The second-order valence-electron chi connectivity index (χ2n) is 8.51. The molecule has 10 heteroatoms. The van der Waals surface area contributed by atoms with Crippen molar-refractivity contribution in [2.75, 3.05) is 11.9 Å². The third-order valence-corrected chi connectivity index (χ3v) is 5.30. The highest BCUT2D eigenvalue weighted by Crippen LogP contribution is 2.32. The lowest BCUT2D eigenvalue weighted by Gasteiger charge is -2.22. The fourth-order valence-corrected chi connectivity index (χ4v) is 3.52. The molecule has 37 heavy (non-hydrogen) atoms. The van der Waals surface area contributed by atoms with Gasteiger partial charge in [0.15, 0.2) is 11.5 Å². The Bertz CT molecular complexity index is 1260. The molecule has 0 bridgehead atoms. The van der Waals surface area contributed by atoms with E-state index in [-0.39, 0.29) is 11.9 Å². The molecule has 0 spiro atoms. The van der Waals surface area contributed by atoms with Crippen LogP contribution in [0.5, 0.6) is 11.5 Å². The van der Waals surface area contributed by atoms with E-state index in [2.05, 4.69) is 21.2 Å². The van der Waals surface area contributed by atoms with Gasteiger partial charge in [0.25, 0.3) is 11.8 Å². The molecule has 1 heterocycles. The van der Waals surface area contributed by atoms with E-state index in [4.69, 9.17) is 20.6 Å². The van der Waals surface area contributed by atoms with Crippen LogP contribution in [-0.2, 0) is 4.79 Å². The summed E-state index contributed by atoms with van der Waals surface area (Å²) in [7, 11) is 0. The molecule has 10 nitrogen and oxygen atoms in total. The van der Waals surface area contributed by atoms with E-state index in [1.807, 2.05) is 20.8 Å². The maximum Gasteiger partial charge on any atom is 0.270 e. The molecule has 1 unspecified atom stereocenters. The van der Waals surface area contributed by atoms with Crippen molar-refractivity contribution in [2.24, 2.45) is 5.73 Å². The molecule has 2 aromatic carbocycles. The zero-order valence-corrected chi connectivity index (χ0v) is 21.3. The third-order valence-electron chi connectivity index (χ3n) is 5.30. The van der Waals surface area contributed by atoms with Crippen LogP contribution in [-0.4, -0.2) is 35.3 Å². The first-order valence-electron chi connectivity index (χ1n) is 11.8. The zero-order valence-electron chi connectivity index (χ0n) is 21.3. The number of ether oxygens (including phenoxy) is 2. The molecule has 3 aromatic rings. The van der Waals surface area contributed by atoms with Crippen LogP contribution in [0.15, 0.2) is 60.9 Å². The summed E-state index contributed by atoms with van der Waals surface area (Å²) >= 11 is 0. The minimum absolute atomic E-state index is 0.0583. The van der Waals surface area contributed by atoms with Crippen LogP contribution < -0.4 is 31.4 Å². The van der Waals surface area contributed by atoms with E-state index in [1.165, 1.54) is 6.20 Å². The molecule has 0 saturated carbocycles. The number of amidine groups is 1. The van der Waals surface area contributed by atoms with Crippen LogP contribution in [0.2, 0.25) is 0 Å². The van der Waals surface area contributed by atoms with Crippen LogP contribution in [0.1, 0.15) is 53.9 Å². The number of carbonyl (C=O) groups is 2. The van der Waals surface area contributed by atoms with Gasteiger partial charge >= 0.3 is 0 Å². The Morgan fingerprint density at radius 1 is 1.05 bits per heavy atom. The highest BCUT2D eigenvalue weighted by Gasteiger charge is 2.24. The summed E-state index contributed by atoms with van der Waals surface area (Å²) in [6.45, 7) is 7.87. The molecule has 0 aliphatic rings. The largest absolute Gasteiger partial charge is 0.490 e. The monoisotopic (exact) mass is 504 g/mol. The Hall–Kier alpha value is -4.60. The zero-order chi connectivity index (χ0) is 26.9. The Morgan fingerprint density at radius 2 is 1.78 bits per heavy atom. The number of pyridine rings is 1. The smallest absolute Gasteiger partial charge is 0.270 e. The molecule has 0 aliphatic carbocycles. The third kappa shape index (κ3) is 7.20. The summed E-state index contributed by atoms with van der Waals surface area (Å²) in [5, 5.41) is 10.8. The molecule has 6 N–H and O–H groups in total. The first-order valence-corrected chi connectivity index (χ1v) is 11.8. The van der Waals surface area contributed by atoms with Gasteiger partial charge in [-0.15, -0.1) is 0 Å². The molecule has 3 rings (SSSR count). The van der Waals surface area contributed by atoms with Gasteiger partial charge in [0.2, 0.25) is 0 Å². The van der Waals surface area contributed by atoms with E-state index >= 15 is 0 Å². The number of amides is 2. The summed E-state index contributed by atoms with van der Waals surface area (Å²) in [6.07, 6.45) is 3.02. The normalized spacial score (nSPS) is 11.4. The number of hydrogen-bond acceptors (Lipinski definition) is 7. The number of aryl methyl sites for hydroxylation is 1. The summed E-state index contributed by atoms with van der Waals surface area (Å²) in [4.78, 5) is 30.0. The van der Waals surface area contributed by atoms with Crippen molar-refractivity contribution in [1.82, 2.24) is 15.8 Å². The molecule has 0 saturated heterocycles. The maximum absolute atomic E-state index is 13.3. The molecule has 0 aliphatic heterocycles. The number of nitrogens with one attached hydrogen (secondary N) is 4. The lowest BCUT2D eigenvalue weighted by molar-refractivity contribution is -0.122. The van der Waals surface area contributed by atoms with Crippen LogP contribution in [0, 0.1) is 12.3 Å². The average molecular weight is 505 g/mol. The highest BCUT2D eigenvalue weighted by atomic mass is 16.5. The number of aromatic nitrogens is 1. The first-order chi connectivity index (χ1) is 17.7. The van der Waals surface area contributed by atoms with Gasteiger partial charge in [-0.05, 0) is 81.3 Å². The number of nitrogens with zero attached hydrogens (tertiary/aromatic N) is 1. The summed E-state index contributed by atoms with van der Waals surface area (Å²) in [5.74, 6) is 0.0324. The topological polar surface area (TPSA) is 151 Å².